The van der Waals surface area contributed by atoms with Gasteiger partial charge in [0, 0.05) is 12.6 Å². The van der Waals surface area contributed by atoms with Gasteiger partial charge in [-0.3, -0.25) is 0 Å². The van der Waals surface area contributed by atoms with Crippen LogP contribution in [0.3, 0.4) is 0 Å². The molecule has 0 aromatic rings. The van der Waals surface area contributed by atoms with Crippen molar-refractivity contribution in [3.8, 4) is 0 Å². The fourth-order valence-electron chi connectivity index (χ4n) is 2.48. The molecule has 2 atom stereocenters. The summed E-state index contributed by atoms with van der Waals surface area (Å²) >= 11 is 0. The summed E-state index contributed by atoms with van der Waals surface area (Å²) in [6.45, 7) is 2.56. The highest BCUT2D eigenvalue weighted by atomic mass is 15.2. The van der Waals surface area contributed by atoms with Crippen molar-refractivity contribution in [3.63, 3.8) is 0 Å². The van der Waals surface area contributed by atoms with Crippen molar-refractivity contribution in [1.82, 2.24) is 10.2 Å². The standard InChI is InChI=1S/C11H22N2/c1-12-7-10-5-6-11(10)13(2)8-9-3-4-9/h9-12H,3-8H2,1-2H3. The molecule has 0 amide bonds. The summed E-state index contributed by atoms with van der Waals surface area (Å²) in [6, 6.07) is 0.882. The highest BCUT2D eigenvalue weighted by Gasteiger charge is 2.35. The molecule has 0 bridgehead atoms. The quantitative estimate of drug-likeness (QED) is 0.690. The van der Waals surface area contributed by atoms with Crippen LogP contribution >= 0.6 is 0 Å². The minimum Gasteiger partial charge on any atom is -0.319 e. The van der Waals surface area contributed by atoms with Gasteiger partial charge in [0.1, 0.15) is 0 Å². The fraction of sp³-hybridized carbons (Fsp3) is 1.00. The summed E-state index contributed by atoms with van der Waals surface area (Å²) in [7, 11) is 4.38. The molecule has 2 fully saturated rings. The molecule has 0 saturated heterocycles. The minimum atomic E-state index is 0.882. The van der Waals surface area contributed by atoms with E-state index < -0.39 is 0 Å². The zero-order valence-electron chi connectivity index (χ0n) is 8.92. The van der Waals surface area contributed by atoms with E-state index in [1.807, 2.05) is 0 Å². The largest absolute Gasteiger partial charge is 0.319 e. The average molecular weight is 182 g/mol. The van der Waals surface area contributed by atoms with Crippen LogP contribution in [0, 0.1) is 11.8 Å². The zero-order valence-corrected chi connectivity index (χ0v) is 8.92. The Morgan fingerprint density at radius 3 is 2.46 bits per heavy atom. The Morgan fingerprint density at radius 1 is 1.23 bits per heavy atom. The Balaban J connectivity index is 1.71. The van der Waals surface area contributed by atoms with Crippen molar-refractivity contribution in [2.24, 2.45) is 11.8 Å². The highest BCUT2D eigenvalue weighted by molar-refractivity contribution is 4.90. The summed E-state index contributed by atoms with van der Waals surface area (Å²) < 4.78 is 0. The molecule has 2 rings (SSSR count). The van der Waals surface area contributed by atoms with Gasteiger partial charge in [0.25, 0.3) is 0 Å². The van der Waals surface area contributed by atoms with E-state index in [1.165, 1.54) is 38.8 Å². The second-order valence-electron chi connectivity index (χ2n) is 4.85. The second-order valence-corrected chi connectivity index (χ2v) is 4.85. The summed E-state index contributed by atoms with van der Waals surface area (Å²) in [5.41, 5.74) is 0. The molecule has 0 spiro atoms. The number of nitrogens with one attached hydrogen (secondary N) is 1. The molecular formula is C11H22N2. The molecule has 76 valence electrons. The van der Waals surface area contributed by atoms with E-state index >= 15 is 0 Å². The minimum absolute atomic E-state index is 0.882. The summed E-state index contributed by atoms with van der Waals surface area (Å²) in [6.07, 6.45) is 5.82. The summed E-state index contributed by atoms with van der Waals surface area (Å²) in [4.78, 5) is 2.60. The molecule has 2 aliphatic carbocycles. The normalized spacial score (nSPS) is 33.5. The van der Waals surface area contributed by atoms with E-state index in [0.717, 1.165) is 17.9 Å². The van der Waals surface area contributed by atoms with Crippen molar-refractivity contribution in [3.05, 3.63) is 0 Å². The number of hydrogen-bond acceptors (Lipinski definition) is 2. The first-order chi connectivity index (χ1) is 6.31. The van der Waals surface area contributed by atoms with Crippen LogP contribution in [0.1, 0.15) is 25.7 Å². The van der Waals surface area contributed by atoms with Crippen LogP contribution < -0.4 is 5.32 Å². The molecule has 2 nitrogen and oxygen atoms in total. The van der Waals surface area contributed by atoms with Crippen LogP contribution in [0.2, 0.25) is 0 Å². The topological polar surface area (TPSA) is 15.3 Å². The van der Waals surface area contributed by atoms with Gasteiger partial charge in [-0.15, -0.1) is 0 Å². The zero-order chi connectivity index (χ0) is 9.26. The SMILES string of the molecule is CNCC1CCC1N(C)CC1CC1. The lowest BCUT2D eigenvalue weighted by molar-refractivity contribution is 0.0814. The lowest BCUT2D eigenvalue weighted by atomic mass is 9.78. The second kappa shape index (κ2) is 3.97. The molecule has 1 N–H and O–H groups in total. The van der Waals surface area contributed by atoms with Crippen LogP contribution in [-0.4, -0.2) is 38.1 Å². The maximum Gasteiger partial charge on any atom is 0.0133 e. The molecular weight excluding hydrogens is 160 g/mol. The van der Waals surface area contributed by atoms with E-state index in [0.29, 0.717) is 0 Å². The van der Waals surface area contributed by atoms with Gasteiger partial charge < -0.3 is 10.2 Å². The van der Waals surface area contributed by atoms with Crippen molar-refractivity contribution >= 4 is 0 Å². The maximum atomic E-state index is 3.30. The van der Waals surface area contributed by atoms with Crippen molar-refractivity contribution in [2.75, 3.05) is 27.2 Å². The van der Waals surface area contributed by atoms with Gasteiger partial charge in [0.15, 0.2) is 0 Å². The van der Waals surface area contributed by atoms with Crippen molar-refractivity contribution < 1.29 is 0 Å². The summed E-state index contributed by atoms with van der Waals surface area (Å²) in [5.74, 6) is 1.97. The molecule has 2 saturated carbocycles. The smallest absolute Gasteiger partial charge is 0.0133 e. The lowest BCUT2D eigenvalue weighted by Crippen LogP contribution is -2.49. The molecule has 0 aliphatic heterocycles. The predicted molar refractivity (Wildman–Crippen MR) is 55.8 cm³/mol. The van der Waals surface area contributed by atoms with E-state index in [1.54, 1.807) is 0 Å². The van der Waals surface area contributed by atoms with Crippen LogP contribution in [0.4, 0.5) is 0 Å². The average Bonchev–Trinajstić information content (AvgIpc) is 2.81. The van der Waals surface area contributed by atoms with Gasteiger partial charge >= 0.3 is 0 Å². The van der Waals surface area contributed by atoms with E-state index in [2.05, 4.69) is 24.3 Å². The molecule has 2 unspecified atom stereocenters. The Morgan fingerprint density at radius 2 is 2.00 bits per heavy atom. The van der Waals surface area contributed by atoms with E-state index in [-0.39, 0.29) is 0 Å². The molecule has 2 heteroatoms. The molecule has 0 heterocycles. The third-order valence-corrected chi connectivity index (χ3v) is 3.65. The molecule has 0 radical (unpaired) electrons. The van der Waals surface area contributed by atoms with Crippen molar-refractivity contribution in [2.45, 2.75) is 31.7 Å². The first-order valence-corrected chi connectivity index (χ1v) is 5.66. The summed E-state index contributed by atoms with van der Waals surface area (Å²) in [5, 5.41) is 3.30. The Hall–Kier alpha value is -0.0800. The fourth-order valence-corrected chi connectivity index (χ4v) is 2.48. The van der Waals surface area contributed by atoms with E-state index in [9.17, 15) is 0 Å². The Labute approximate surface area is 81.7 Å². The van der Waals surface area contributed by atoms with Crippen molar-refractivity contribution in [1.29, 1.82) is 0 Å². The Kier molecular flexibility index (Phi) is 2.89. The predicted octanol–water partition coefficient (Wildman–Crippen LogP) is 1.33. The first kappa shape index (κ1) is 9.47. The van der Waals surface area contributed by atoms with Gasteiger partial charge in [-0.1, -0.05) is 0 Å². The van der Waals surface area contributed by atoms with Crippen LogP contribution in [0.25, 0.3) is 0 Å². The maximum absolute atomic E-state index is 3.30. The third-order valence-electron chi connectivity index (χ3n) is 3.65. The van der Waals surface area contributed by atoms with Gasteiger partial charge in [-0.2, -0.15) is 0 Å². The Bertz CT molecular complexity index is 165. The van der Waals surface area contributed by atoms with Crippen LogP contribution in [0.15, 0.2) is 0 Å². The number of hydrogen-bond donors (Lipinski definition) is 1. The number of nitrogens with zero attached hydrogens (tertiary/aromatic N) is 1. The van der Waals surface area contributed by atoms with Gasteiger partial charge in [-0.05, 0) is 58.2 Å². The first-order valence-electron chi connectivity index (χ1n) is 5.66. The van der Waals surface area contributed by atoms with Gasteiger partial charge in [-0.25, -0.2) is 0 Å². The monoisotopic (exact) mass is 182 g/mol. The molecule has 13 heavy (non-hydrogen) atoms. The van der Waals surface area contributed by atoms with Gasteiger partial charge in [0.2, 0.25) is 0 Å². The molecule has 2 aliphatic rings. The van der Waals surface area contributed by atoms with E-state index in [4.69, 9.17) is 0 Å². The third kappa shape index (κ3) is 2.23. The lowest BCUT2D eigenvalue weighted by Gasteiger charge is -2.43. The van der Waals surface area contributed by atoms with Crippen LogP contribution in [-0.2, 0) is 0 Å². The molecule has 0 aromatic carbocycles. The highest BCUT2D eigenvalue weighted by Crippen LogP contribution is 2.35. The van der Waals surface area contributed by atoms with Gasteiger partial charge in [0.05, 0.1) is 0 Å². The van der Waals surface area contributed by atoms with Crippen LogP contribution in [0.5, 0.6) is 0 Å². The molecule has 0 aromatic heterocycles. The number of rotatable bonds is 5.